The fraction of sp³-hybridized carbons (Fsp3) is 0.478. The van der Waals surface area contributed by atoms with Gasteiger partial charge in [0.15, 0.2) is 12.6 Å². The van der Waals surface area contributed by atoms with Crippen LogP contribution in [0.4, 0.5) is 0 Å². The van der Waals surface area contributed by atoms with E-state index in [2.05, 4.69) is 90.1 Å². The molecule has 0 N–H and O–H groups in total. The Balaban J connectivity index is 0.000000201. The van der Waals surface area contributed by atoms with Crippen LogP contribution < -0.4 is 0 Å². The maximum absolute atomic E-state index is 6.30. The normalized spacial score (nSPS) is 28.8. The molecule has 2 aliphatic heterocycles. The van der Waals surface area contributed by atoms with Crippen molar-refractivity contribution in [3.63, 3.8) is 0 Å². The fourth-order valence-electron chi connectivity index (χ4n) is 7.22. The molecule has 6 heteroatoms. The lowest BCUT2D eigenvalue weighted by Crippen LogP contribution is -2.51. The Morgan fingerprint density at radius 1 is 0.385 bits per heavy atom. The zero-order valence-electron chi connectivity index (χ0n) is 32.0. The number of rotatable bonds is 14. The van der Waals surface area contributed by atoms with Gasteiger partial charge in [0.05, 0.1) is 38.6 Å². The zero-order valence-corrected chi connectivity index (χ0v) is 32.0. The molecule has 4 aromatic carbocycles. The van der Waals surface area contributed by atoms with Crippen molar-refractivity contribution in [2.45, 2.75) is 118 Å². The van der Waals surface area contributed by atoms with E-state index in [0.29, 0.717) is 50.1 Å². The third-order valence-corrected chi connectivity index (χ3v) is 10.9. The summed E-state index contributed by atoms with van der Waals surface area (Å²) >= 11 is 0. The zero-order chi connectivity index (χ0) is 36.7. The monoisotopic (exact) mass is 708 g/mol. The van der Waals surface area contributed by atoms with Gasteiger partial charge in [0.1, 0.15) is 12.2 Å². The first-order valence-electron chi connectivity index (χ1n) is 19.3. The summed E-state index contributed by atoms with van der Waals surface area (Å²) in [6.07, 6.45) is 1.58. The summed E-state index contributed by atoms with van der Waals surface area (Å²) in [6, 6.07) is 41.0. The maximum atomic E-state index is 6.30. The smallest absolute Gasteiger partial charge is 0.184 e. The molecule has 4 aromatic rings. The Morgan fingerprint density at radius 3 is 0.923 bits per heavy atom. The Kier molecular flexibility index (Phi) is 15.9. The molecule has 6 nitrogen and oxygen atoms in total. The largest absolute Gasteiger partial charge is 0.368 e. The molecule has 2 aliphatic rings. The average molecular weight is 709 g/mol. The van der Waals surface area contributed by atoms with Crippen molar-refractivity contribution in [3.05, 3.63) is 144 Å². The number of benzene rings is 4. The SMILES string of the molecule is CCC1OC(OCc2ccccc2)C(OCc2ccccc2)[C@@H](C)[C@H]1C.CCC1OC(OCc2ccccc2)C(OCc2ccccc2)[C@@H](C)[C@H]1C. The van der Waals surface area contributed by atoms with E-state index < -0.39 is 0 Å². The van der Waals surface area contributed by atoms with E-state index in [9.17, 15) is 0 Å². The summed E-state index contributed by atoms with van der Waals surface area (Å²) in [7, 11) is 0. The van der Waals surface area contributed by atoms with Crippen LogP contribution in [0.1, 0.15) is 76.6 Å². The molecule has 0 aromatic heterocycles. The quantitative estimate of drug-likeness (QED) is 0.130. The second-order valence-electron chi connectivity index (χ2n) is 14.5. The summed E-state index contributed by atoms with van der Waals surface area (Å²) in [5, 5.41) is 0. The topological polar surface area (TPSA) is 55.4 Å². The molecule has 0 bridgehead atoms. The molecule has 2 fully saturated rings. The van der Waals surface area contributed by atoms with Gasteiger partial charge in [-0.2, -0.15) is 0 Å². The Bertz CT molecular complexity index is 1400. The molecule has 6 unspecified atom stereocenters. The van der Waals surface area contributed by atoms with Gasteiger partial charge in [-0.3, -0.25) is 0 Å². The minimum atomic E-state index is -0.338. The Labute approximate surface area is 312 Å². The van der Waals surface area contributed by atoms with E-state index in [1.807, 2.05) is 72.8 Å². The molecule has 0 saturated carbocycles. The molecule has 0 radical (unpaired) electrons. The van der Waals surface area contributed by atoms with E-state index >= 15 is 0 Å². The van der Waals surface area contributed by atoms with Crippen molar-refractivity contribution in [1.29, 1.82) is 0 Å². The number of hydrogen-bond acceptors (Lipinski definition) is 6. The van der Waals surface area contributed by atoms with Gasteiger partial charge in [-0.05, 0) is 58.8 Å². The molecule has 52 heavy (non-hydrogen) atoms. The van der Waals surface area contributed by atoms with Gasteiger partial charge >= 0.3 is 0 Å². The van der Waals surface area contributed by atoms with Crippen LogP contribution in [0.5, 0.6) is 0 Å². The van der Waals surface area contributed by atoms with Crippen molar-refractivity contribution >= 4 is 0 Å². The summed E-state index contributed by atoms with van der Waals surface area (Å²) in [6.45, 7) is 15.6. The predicted molar refractivity (Wildman–Crippen MR) is 207 cm³/mol. The van der Waals surface area contributed by atoms with E-state index in [4.69, 9.17) is 28.4 Å². The van der Waals surface area contributed by atoms with Crippen LogP contribution >= 0.6 is 0 Å². The van der Waals surface area contributed by atoms with Crippen LogP contribution in [-0.2, 0) is 54.8 Å². The summed E-state index contributed by atoms with van der Waals surface area (Å²) < 4.78 is 37.5. The van der Waals surface area contributed by atoms with E-state index in [1.54, 1.807) is 0 Å². The van der Waals surface area contributed by atoms with Gasteiger partial charge in [-0.15, -0.1) is 0 Å². The van der Waals surface area contributed by atoms with Gasteiger partial charge in [0.25, 0.3) is 0 Å². The van der Waals surface area contributed by atoms with Crippen molar-refractivity contribution in [3.8, 4) is 0 Å². The lowest BCUT2D eigenvalue weighted by Gasteiger charge is -2.44. The number of hydrogen-bond donors (Lipinski definition) is 0. The van der Waals surface area contributed by atoms with E-state index in [0.717, 1.165) is 24.0 Å². The van der Waals surface area contributed by atoms with Crippen molar-refractivity contribution in [2.75, 3.05) is 0 Å². The summed E-state index contributed by atoms with van der Waals surface area (Å²) in [4.78, 5) is 0. The Morgan fingerprint density at radius 2 is 0.654 bits per heavy atom. The molecule has 6 rings (SSSR count). The first-order valence-corrected chi connectivity index (χ1v) is 19.3. The molecule has 0 spiro atoms. The highest BCUT2D eigenvalue weighted by atomic mass is 16.7. The molecular formula is C46H60O6. The van der Waals surface area contributed by atoms with Crippen LogP contribution in [0, 0.1) is 23.7 Å². The first-order chi connectivity index (χ1) is 25.4. The van der Waals surface area contributed by atoms with Crippen LogP contribution in [0.3, 0.4) is 0 Å². The van der Waals surface area contributed by atoms with Crippen molar-refractivity contribution in [2.24, 2.45) is 23.7 Å². The van der Waals surface area contributed by atoms with Crippen LogP contribution in [0.2, 0.25) is 0 Å². The molecule has 0 aliphatic carbocycles. The standard InChI is InChI=1S/2C23H30O3/c2*1-4-21-17(2)18(3)22(24-15-19-11-7-5-8-12-19)23(26-21)25-16-20-13-9-6-10-14-20/h2*5-14,17-18,21-23H,4,15-16H2,1-3H3/t2*17-,18+,21?,22?,23?/m11/s1. The highest BCUT2D eigenvalue weighted by Crippen LogP contribution is 2.36. The molecule has 2 saturated heterocycles. The van der Waals surface area contributed by atoms with Gasteiger partial charge in [-0.25, -0.2) is 0 Å². The minimum Gasteiger partial charge on any atom is -0.368 e. The van der Waals surface area contributed by atoms with Crippen molar-refractivity contribution in [1.82, 2.24) is 0 Å². The number of ether oxygens (including phenoxy) is 6. The highest BCUT2D eigenvalue weighted by Gasteiger charge is 2.43. The van der Waals surface area contributed by atoms with E-state index in [-0.39, 0.29) is 37.0 Å². The molecule has 0 amide bonds. The van der Waals surface area contributed by atoms with Crippen molar-refractivity contribution < 1.29 is 28.4 Å². The van der Waals surface area contributed by atoms with Gasteiger partial charge in [-0.1, -0.05) is 163 Å². The Hall–Kier alpha value is -3.36. The van der Waals surface area contributed by atoms with Crippen LogP contribution in [-0.4, -0.2) is 37.0 Å². The van der Waals surface area contributed by atoms with Crippen LogP contribution in [0.15, 0.2) is 121 Å². The van der Waals surface area contributed by atoms with Gasteiger partial charge in [0, 0.05) is 0 Å². The summed E-state index contributed by atoms with van der Waals surface area (Å²) in [5.41, 5.74) is 4.65. The second-order valence-corrected chi connectivity index (χ2v) is 14.5. The van der Waals surface area contributed by atoms with Crippen LogP contribution in [0.25, 0.3) is 0 Å². The first kappa shape index (κ1) is 39.8. The molecule has 2 heterocycles. The second kappa shape index (κ2) is 20.8. The fourth-order valence-corrected chi connectivity index (χ4v) is 7.22. The predicted octanol–water partition coefficient (Wildman–Crippen LogP) is 10.4. The molecule has 280 valence electrons. The maximum Gasteiger partial charge on any atom is 0.184 e. The minimum absolute atomic E-state index is 0.0725. The lowest BCUT2D eigenvalue weighted by molar-refractivity contribution is -0.286. The van der Waals surface area contributed by atoms with Gasteiger partial charge < -0.3 is 28.4 Å². The average Bonchev–Trinajstić information content (AvgIpc) is 3.19. The lowest BCUT2D eigenvalue weighted by atomic mass is 9.82. The van der Waals surface area contributed by atoms with Gasteiger partial charge in [0.2, 0.25) is 0 Å². The highest BCUT2D eigenvalue weighted by molar-refractivity contribution is 5.16. The van der Waals surface area contributed by atoms with E-state index in [1.165, 1.54) is 11.1 Å². The molecular weight excluding hydrogens is 648 g/mol. The molecule has 10 atom stereocenters. The third kappa shape index (κ3) is 11.3. The third-order valence-electron chi connectivity index (χ3n) is 10.9. The summed E-state index contributed by atoms with van der Waals surface area (Å²) in [5.74, 6) is 1.63.